The third-order valence-electron chi connectivity index (χ3n) is 5.14. The summed E-state index contributed by atoms with van der Waals surface area (Å²) in [5.41, 5.74) is 1.00. The quantitative estimate of drug-likeness (QED) is 0.769. The molecule has 0 bridgehead atoms. The molecule has 2 heterocycles. The van der Waals surface area contributed by atoms with Crippen LogP contribution in [-0.4, -0.2) is 56.1 Å². The van der Waals surface area contributed by atoms with Gasteiger partial charge in [-0.05, 0) is 37.5 Å². The highest BCUT2D eigenvalue weighted by atomic mass is 32.2. The average Bonchev–Trinajstić information content (AvgIpc) is 2.83. The maximum atomic E-state index is 13.2. The van der Waals surface area contributed by atoms with E-state index in [2.05, 4.69) is 11.3 Å². The minimum absolute atomic E-state index is 0.127. The minimum Gasteiger partial charge on any atom is -0.354 e. The van der Waals surface area contributed by atoms with Gasteiger partial charge in [0.2, 0.25) is 5.91 Å². The monoisotopic (exact) mass is 407 g/mol. The Hall–Kier alpha value is -2.22. The molecule has 0 aromatic heterocycles. The minimum atomic E-state index is -3.83. The van der Waals surface area contributed by atoms with Crippen LogP contribution in [0, 0.1) is 5.82 Å². The van der Waals surface area contributed by atoms with E-state index >= 15 is 0 Å². The van der Waals surface area contributed by atoms with Gasteiger partial charge in [0.1, 0.15) is 16.6 Å². The molecule has 8 heteroatoms. The van der Waals surface area contributed by atoms with Crippen LogP contribution >= 0.6 is 0 Å². The fourth-order valence-corrected chi connectivity index (χ4v) is 5.13. The molecule has 2 aliphatic heterocycles. The smallest absolute Gasteiger partial charge is 0.285 e. The summed E-state index contributed by atoms with van der Waals surface area (Å²) in [6.07, 6.45) is 3.18. The van der Waals surface area contributed by atoms with Crippen LogP contribution in [0.15, 0.2) is 34.2 Å². The van der Waals surface area contributed by atoms with Gasteiger partial charge in [0, 0.05) is 38.2 Å². The molecule has 152 valence electrons. The van der Waals surface area contributed by atoms with Gasteiger partial charge in [0.15, 0.2) is 0 Å². The van der Waals surface area contributed by atoms with Crippen LogP contribution in [0.4, 0.5) is 4.39 Å². The molecular formula is C20H26FN3O3S. The first-order valence-corrected chi connectivity index (χ1v) is 11.1. The zero-order valence-corrected chi connectivity index (χ0v) is 17.1. The van der Waals surface area contributed by atoms with Crippen LogP contribution in [0.3, 0.4) is 0 Å². The highest BCUT2D eigenvalue weighted by molar-refractivity contribution is 8.00. The van der Waals surface area contributed by atoms with E-state index < -0.39 is 15.8 Å². The molecule has 2 aliphatic rings. The number of unbranched alkanes of at least 4 members (excludes halogenated alkanes) is 1. The standard InChI is InChI=1S/C20H26FN3O3S/c1-3-4-6-18(25)23-11-5-12-24(14-13-23)20-15(2)19(28(26,27)22-20)16-7-9-17(21)10-8-16/h7-10H,3-6,11-14H2,1-2H3. The van der Waals surface area contributed by atoms with Gasteiger partial charge in [-0.25, -0.2) is 4.39 Å². The molecule has 0 atom stereocenters. The molecule has 1 fully saturated rings. The van der Waals surface area contributed by atoms with E-state index in [4.69, 9.17) is 0 Å². The Morgan fingerprint density at radius 3 is 2.54 bits per heavy atom. The van der Waals surface area contributed by atoms with Crippen LogP contribution in [0.1, 0.15) is 45.1 Å². The SMILES string of the molecule is CCCCC(=O)N1CCCN(C2=NS(=O)(=O)C(c3ccc(F)cc3)=C2C)CC1. The van der Waals surface area contributed by atoms with Crippen molar-refractivity contribution in [2.45, 2.75) is 39.5 Å². The molecule has 0 spiro atoms. The van der Waals surface area contributed by atoms with E-state index in [9.17, 15) is 17.6 Å². The molecule has 1 aromatic carbocycles. The lowest BCUT2D eigenvalue weighted by Crippen LogP contribution is -2.37. The second-order valence-electron chi connectivity index (χ2n) is 7.18. The second kappa shape index (κ2) is 8.43. The summed E-state index contributed by atoms with van der Waals surface area (Å²) in [4.78, 5) is 16.2. The van der Waals surface area contributed by atoms with Gasteiger partial charge in [-0.15, -0.1) is 4.40 Å². The predicted octanol–water partition coefficient (Wildman–Crippen LogP) is 3.02. The van der Waals surface area contributed by atoms with Crippen molar-refractivity contribution < 1.29 is 17.6 Å². The average molecular weight is 408 g/mol. The van der Waals surface area contributed by atoms with Crippen molar-refractivity contribution >= 4 is 26.7 Å². The number of sulfonamides is 1. The lowest BCUT2D eigenvalue weighted by molar-refractivity contribution is -0.131. The van der Waals surface area contributed by atoms with Crippen LogP contribution in [0.25, 0.3) is 4.91 Å². The Balaban J connectivity index is 1.80. The Kier molecular flexibility index (Phi) is 6.17. The molecule has 0 unspecified atom stereocenters. The number of carbonyl (C=O) groups excluding carboxylic acids is 1. The fourth-order valence-electron chi connectivity index (χ4n) is 3.65. The molecule has 0 aliphatic carbocycles. The van der Waals surface area contributed by atoms with Crippen LogP contribution in [0.5, 0.6) is 0 Å². The number of hydrogen-bond acceptors (Lipinski definition) is 4. The van der Waals surface area contributed by atoms with Crippen LogP contribution < -0.4 is 0 Å². The van der Waals surface area contributed by atoms with E-state index in [1.165, 1.54) is 24.3 Å². The fraction of sp³-hybridized carbons (Fsp3) is 0.500. The summed E-state index contributed by atoms with van der Waals surface area (Å²) >= 11 is 0. The molecule has 28 heavy (non-hydrogen) atoms. The summed E-state index contributed by atoms with van der Waals surface area (Å²) in [5, 5.41) is 0. The third kappa shape index (κ3) is 4.27. The number of benzene rings is 1. The Morgan fingerprint density at radius 2 is 1.86 bits per heavy atom. The predicted molar refractivity (Wildman–Crippen MR) is 108 cm³/mol. The van der Waals surface area contributed by atoms with E-state index in [1.807, 2.05) is 9.80 Å². The van der Waals surface area contributed by atoms with Gasteiger partial charge in [-0.2, -0.15) is 8.42 Å². The van der Waals surface area contributed by atoms with Gasteiger partial charge < -0.3 is 9.80 Å². The van der Waals surface area contributed by atoms with Gasteiger partial charge in [0.25, 0.3) is 10.0 Å². The zero-order valence-electron chi connectivity index (χ0n) is 16.3. The highest BCUT2D eigenvalue weighted by Crippen LogP contribution is 2.33. The summed E-state index contributed by atoms with van der Waals surface area (Å²) in [5.74, 6) is 0.171. The number of hydrogen-bond donors (Lipinski definition) is 0. The topological polar surface area (TPSA) is 70.1 Å². The van der Waals surface area contributed by atoms with Gasteiger partial charge in [-0.3, -0.25) is 4.79 Å². The summed E-state index contributed by atoms with van der Waals surface area (Å²) in [7, 11) is -3.83. The highest BCUT2D eigenvalue weighted by Gasteiger charge is 2.34. The van der Waals surface area contributed by atoms with E-state index in [0.717, 1.165) is 19.3 Å². The molecule has 0 saturated carbocycles. The summed E-state index contributed by atoms with van der Waals surface area (Å²) < 4.78 is 42.5. The Labute approximate surface area is 165 Å². The lowest BCUT2D eigenvalue weighted by atomic mass is 10.1. The van der Waals surface area contributed by atoms with E-state index in [1.54, 1.807) is 6.92 Å². The van der Waals surface area contributed by atoms with Crippen molar-refractivity contribution in [1.82, 2.24) is 9.80 Å². The summed E-state index contributed by atoms with van der Waals surface area (Å²) in [6, 6.07) is 5.41. The maximum Gasteiger partial charge on any atom is 0.285 e. The van der Waals surface area contributed by atoms with E-state index in [-0.39, 0.29) is 10.8 Å². The van der Waals surface area contributed by atoms with Crippen molar-refractivity contribution in [1.29, 1.82) is 0 Å². The van der Waals surface area contributed by atoms with Crippen molar-refractivity contribution in [2.75, 3.05) is 26.2 Å². The molecule has 1 saturated heterocycles. The van der Waals surface area contributed by atoms with Gasteiger partial charge in [-0.1, -0.05) is 25.5 Å². The van der Waals surface area contributed by atoms with Gasteiger partial charge >= 0.3 is 0 Å². The van der Waals surface area contributed by atoms with Gasteiger partial charge in [0.05, 0.1) is 0 Å². The largest absolute Gasteiger partial charge is 0.354 e. The number of halogens is 1. The maximum absolute atomic E-state index is 13.2. The zero-order chi connectivity index (χ0) is 20.3. The van der Waals surface area contributed by atoms with Crippen LogP contribution in [0.2, 0.25) is 0 Å². The number of amidine groups is 1. The number of carbonyl (C=O) groups is 1. The van der Waals surface area contributed by atoms with Crippen molar-refractivity contribution in [3.05, 3.63) is 41.2 Å². The Bertz CT molecular complexity index is 907. The number of nitrogens with zero attached hydrogens (tertiary/aromatic N) is 3. The molecule has 1 aromatic rings. The first-order valence-electron chi connectivity index (χ1n) is 9.68. The first-order chi connectivity index (χ1) is 13.3. The molecule has 0 N–H and O–H groups in total. The molecule has 6 nitrogen and oxygen atoms in total. The normalized spacial score (nSPS) is 19.6. The van der Waals surface area contributed by atoms with Crippen LogP contribution in [-0.2, 0) is 14.8 Å². The molecule has 1 amide bonds. The van der Waals surface area contributed by atoms with Crippen molar-refractivity contribution in [2.24, 2.45) is 4.40 Å². The number of amides is 1. The molecule has 3 rings (SSSR count). The lowest BCUT2D eigenvalue weighted by Gasteiger charge is -2.23. The van der Waals surface area contributed by atoms with Crippen molar-refractivity contribution in [3.63, 3.8) is 0 Å². The first kappa shape index (κ1) is 20.5. The summed E-state index contributed by atoms with van der Waals surface area (Å²) in [6.45, 7) is 6.20. The molecule has 0 radical (unpaired) electrons. The van der Waals surface area contributed by atoms with Crippen molar-refractivity contribution in [3.8, 4) is 0 Å². The second-order valence-corrected chi connectivity index (χ2v) is 8.72. The third-order valence-corrected chi connectivity index (χ3v) is 6.61. The Morgan fingerprint density at radius 1 is 1.14 bits per heavy atom. The van der Waals surface area contributed by atoms with E-state index in [0.29, 0.717) is 49.6 Å². The molecular weight excluding hydrogens is 381 g/mol. The number of rotatable bonds is 4.